The average Bonchev–Trinajstić information content (AvgIpc) is 3.06. The number of aromatic nitrogens is 1. The maximum Gasteiger partial charge on any atom is 0.266 e. The van der Waals surface area contributed by atoms with Gasteiger partial charge in [0.1, 0.15) is 5.75 Å². The lowest BCUT2D eigenvalue weighted by Gasteiger charge is -2.22. The molecule has 148 valence electrons. The molecule has 28 heavy (non-hydrogen) atoms. The van der Waals surface area contributed by atoms with Crippen LogP contribution in [0.15, 0.2) is 36.4 Å². The van der Waals surface area contributed by atoms with Crippen molar-refractivity contribution in [2.75, 3.05) is 38.7 Å². The van der Waals surface area contributed by atoms with E-state index >= 15 is 0 Å². The Morgan fingerprint density at radius 3 is 2.64 bits per heavy atom. The summed E-state index contributed by atoms with van der Waals surface area (Å²) in [6.07, 6.45) is 0. The Hall–Kier alpha value is -1.86. The van der Waals surface area contributed by atoms with Crippen LogP contribution in [-0.4, -0.2) is 49.6 Å². The van der Waals surface area contributed by atoms with Crippen molar-refractivity contribution in [3.8, 4) is 5.75 Å². The van der Waals surface area contributed by atoms with Crippen LogP contribution in [0.1, 0.15) is 5.56 Å². The molecule has 1 heterocycles. The topological polar surface area (TPSA) is 45.7 Å². The van der Waals surface area contributed by atoms with E-state index in [0.29, 0.717) is 34.0 Å². The molecule has 0 atom stereocenters. The Morgan fingerprint density at radius 2 is 1.96 bits per heavy atom. The summed E-state index contributed by atoms with van der Waals surface area (Å²) in [5.74, 6) is 0.247. The Bertz CT molecular complexity index is 991. The smallest absolute Gasteiger partial charge is 0.266 e. The zero-order valence-corrected chi connectivity index (χ0v) is 18.2. The van der Waals surface area contributed by atoms with Gasteiger partial charge >= 0.3 is 0 Å². The summed E-state index contributed by atoms with van der Waals surface area (Å²) in [4.78, 5) is 21.3. The lowest BCUT2D eigenvalue weighted by atomic mass is 10.2. The van der Waals surface area contributed by atoms with Crippen molar-refractivity contribution >= 4 is 55.8 Å². The van der Waals surface area contributed by atoms with Crippen LogP contribution in [0, 0.1) is 6.92 Å². The number of halogens is 2. The van der Waals surface area contributed by atoms with Crippen molar-refractivity contribution in [2.24, 2.45) is 0 Å². The molecule has 0 fully saturated rings. The minimum absolute atomic E-state index is 0.135. The number of ether oxygens (including phenoxy) is 1. The monoisotopic (exact) mass is 437 g/mol. The van der Waals surface area contributed by atoms with Crippen LogP contribution in [0.25, 0.3) is 10.2 Å². The van der Waals surface area contributed by atoms with Gasteiger partial charge in [-0.3, -0.25) is 9.69 Å². The Labute approximate surface area is 178 Å². The van der Waals surface area contributed by atoms with E-state index in [4.69, 9.17) is 32.9 Å². The molecule has 3 aromatic rings. The van der Waals surface area contributed by atoms with Crippen molar-refractivity contribution in [3.05, 3.63) is 52.0 Å². The third-order valence-electron chi connectivity index (χ3n) is 4.16. The molecule has 0 bridgehead atoms. The number of aryl methyl sites for hydroxylation is 1. The number of carbonyl (C=O) groups is 1. The number of nitrogens with zero attached hydrogens (tertiary/aromatic N) is 3. The lowest BCUT2D eigenvalue weighted by molar-refractivity contribution is -0.120. The quantitative estimate of drug-likeness (QED) is 0.527. The van der Waals surface area contributed by atoms with Gasteiger partial charge in [-0.2, -0.15) is 0 Å². The van der Waals surface area contributed by atoms with Gasteiger partial charge in [-0.25, -0.2) is 4.98 Å². The van der Waals surface area contributed by atoms with Gasteiger partial charge in [0.2, 0.25) is 0 Å². The minimum atomic E-state index is -0.176. The fraction of sp³-hybridized carbons (Fsp3) is 0.300. The number of benzene rings is 2. The average molecular weight is 438 g/mol. The molecule has 0 aliphatic heterocycles. The molecule has 0 saturated heterocycles. The van der Waals surface area contributed by atoms with Gasteiger partial charge in [0, 0.05) is 18.1 Å². The first-order valence-electron chi connectivity index (χ1n) is 8.74. The summed E-state index contributed by atoms with van der Waals surface area (Å²) in [5, 5.41) is 1.55. The van der Waals surface area contributed by atoms with Gasteiger partial charge in [-0.15, -0.1) is 0 Å². The molecular formula is C20H21Cl2N3O2S. The molecule has 3 rings (SSSR count). The Balaban J connectivity index is 1.81. The predicted molar refractivity (Wildman–Crippen MR) is 117 cm³/mol. The van der Waals surface area contributed by atoms with Crippen molar-refractivity contribution in [3.63, 3.8) is 0 Å². The van der Waals surface area contributed by atoms with Crippen LogP contribution in [0.5, 0.6) is 5.75 Å². The molecule has 0 N–H and O–H groups in total. The van der Waals surface area contributed by atoms with E-state index in [-0.39, 0.29) is 12.5 Å². The van der Waals surface area contributed by atoms with Crippen molar-refractivity contribution in [1.29, 1.82) is 0 Å². The number of hydrogen-bond donors (Lipinski definition) is 0. The molecule has 1 aromatic heterocycles. The summed E-state index contributed by atoms with van der Waals surface area (Å²) < 4.78 is 6.70. The van der Waals surface area contributed by atoms with Gasteiger partial charge < -0.3 is 9.64 Å². The second kappa shape index (κ2) is 9.09. The number of anilines is 1. The molecule has 1 amide bonds. The van der Waals surface area contributed by atoms with Crippen LogP contribution < -0.4 is 9.64 Å². The van der Waals surface area contributed by atoms with E-state index in [9.17, 15) is 4.79 Å². The van der Waals surface area contributed by atoms with Gasteiger partial charge in [0.25, 0.3) is 5.91 Å². The van der Waals surface area contributed by atoms with Crippen molar-refractivity contribution < 1.29 is 9.53 Å². The highest BCUT2D eigenvalue weighted by atomic mass is 35.5. The second-order valence-corrected chi connectivity index (χ2v) is 8.48. The van der Waals surface area contributed by atoms with E-state index in [0.717, 1.165) is 15.8 Å². The van der Waals surface area contributed by atoms with Gasteiger partial charge in [0.15, 0.2) is 11.7 Å². The summed E-state index contributed by atoms with van der Waals surface area (Å²) in [6, 6.07) is 10.9. The number of hydrogen-bond acceptors (Lipinski definition) is 5. The van der Waals surface area contributed by atoms with Crippen LogP contribution in [0.3, 0.4) is 0 Å². The number of likely N-dealkylation sites (N-methyl/N-ethyl adjacent to an activating group) is 1. The van der Waals surface area contributed by atoms with Crippen LogP contribution in [-0.2, 0) is 4.79 Å². The molecule has 0 spiro atoms. The second-order valence-electron chi connectivity index (χ2n) is 6.63. The van der Waals surface area contributed by atoms with Crippen molar-refractivity contribution in [1.82, 2.24) is 9.88 Å². The highest BCUT2D eigenvalue weighted by Crippen LogP contribution is 2.31. The molecule has 0 aliphatic carbocycles. The SMILES string of the molecule is Cc1cccc2sc(N(CCN(C)C)C(=O)COc3ccc(Cl)cc3Cl)nc12. The molecule has 0 aliphatic rings. The van der Waals surface area contributed by atoms with E-state index in [1.165, 1.54) is 11.3 Å². The highest BCUT2D eigenvalue weighted by molar-refractivity contribution is 7.22. The largest absolute Gasteiger partial charge is 0.482 e. The van der Waals surface area contributed by atoms with E-state index in [1.54, 1.807) is 23.1 Å². The number of rotatable bonds is 7. The van der Waals surface area contributed by atoms with E-state index in [1.807, 2.05) is 44.1 Å². The molecule has 0 unspecified atom stereocenters. The number of carbonyl (C=O) groups excluding carboxylic acids is 1. The first-order valence-corrected chi connectivity index (χ1v) is 10.3. The zero-order valence-electron chi connectivity index (χ0n) is 15.9. The zero-order chi connectivity index (χ0) is 20.3. The van der Waals surface area contributed by atoms with E-state index in [2.05, 4.69) is 0 Å². The Morgan fingerprint density at radius 1 is 1.18 bits per heavy atom. The fourth-order valence-electron chi connectivity index (χ4n) is 2.63. The lowest BCUT2D eigenvalue weighted by Crippen LogP contribution is -2.39. The molecule has 5 nitrogen and oxygen atoms in total. The van der Waals surface area contributed by atoms with Gasteiger partial charge in [-0.05, 0) is 50.8 Å². The molecule has 0 radical (unpaired) electrons. The molecular weight excluding hydrogens is 417 g/mol. The van der Waals surface area contributed by atoms with Crippen LogP contribution >= 0.6 is 34.5 Å². The standard InChI is InChI=1S/C20H21Cl2N3O2S/c1-13-5-4-6-17-19(13)23-20(28-17)25(10-9-24(2)3)18(26)12-27-16-8-7-14(21)11-15(16)22/h4-8,11H,9-10,12H2,1-3H3. The predicted octanol–water partition coefficient (Wildman–Crippen LogP) is 4.89. The molecule has 2 aromatic carbocycles. The number of amides is 1. The number of para-hydroxylation sites is 1. The third-order valence-corrected chi connectivity index (χ3v) is 5.73. The summed E-state index contributed by atoms with van der Waals surface area (Å²) in [6.45, 7) is 3.11. The Kier molecular flexibility index (Phi) is 6.78. The van der Waals surface area contributed by atoms with Gasteiger partial charge in [-0.1, -0.05) is 46.7 Å². The summed E-state index contributed by atoms with van der Waals surface area (Å²) >= 11 is 13.5. The van der Waals surface area contributed by atoms with Crippen molar-refractivity contribution in [2.45, 2.75) is 6.92 Å². The van der Waals surface area contributed by atoms with Crippen LogP contribution in [0.2, 0.25) is 10.0 Å². The fourth-order valence-corrected chi connectivity index (χ4v) is 4.18. The first kappa shape index (κ1) is 20.9. The highest BCUT2D eigenvalue weighted by Gasteiger charge is 2.21. The maximum absolute atomic E-state index is 12.9. The summed E-state index contributed by atoms with van der Waals surface area (Å²) in [5.41, 5.74) is 2.01. The number of thiazole rings is 1. The molecule has 0 saturated carbocycles. The number of fused-ring (bicyclic) bond motifs is 1. The first-order chi connectivity index (χ1) is 13.3. The maximum atomic E-state index is 12.9. The third kappa shape index (κ3) is 4.94. The summed E-state index contributed by atoms with van der Waals surface area (Å²) in [7, 11) is 3.93. The molecule has 8 heteroatoms. The van der Waals surface area contributed by atoms with Crippen LogP contribution in [0.4, 0.5) is 5.13 Å². The minimum Gasteiger partial charge on any atom is -0.482 e. The van der Waals surface area contributed by atoms with Gasteiger partial charge in [0.05, 0.1) is 15.2 Å². The normalized spacial score (nSPS) is 11.2. The van der Waals surface area contributed by atoms with E-state index < -0.39 is 0 Å².